The molecule has 2 aromatic rings. The van der Waals surface area contributed by atoms with Crippen LogP contribution in [-0.4, -0.2) is 6.54 Å². The predicted octanol–water partition coefficient (Wildman–Crippen LogP) is 4.96. The zero-order chi connectivity index (χ0) is 14.4. The van der Waals surface area contributed by atoms with Crippen LogP contribution in [0.3, 0.4) is 0 Å². The largest absolute Gasteiger partial charge is 0.306 e. The van der Waals surface area contributed by atoms with Gasteiger partial charge in [-0.25, -0.2) is 0 Å². The monoisotopic (exact) mass is 287 g/mol. The van der Waals surface area contributed by atoms with Crippen LogP contribution in [0.1, 0.15) is 55.5 Å². The topological polar surface area (TPSA) is 12.0 Å². The van der Waals surface area contributed by atoms with Crippen molar-refractivity contribution in [2.75, 3.05) is 6.54 Å². The molecule has 2 heteroatoms. The first-order chi connectivity index (χ1) is 9.80. The lowest BCUT2D eigenvalue weighted by Gasteiger charge is -2.22. The molecule has 0 saturated carbocycles. The minimum atomic E-state index is 0.336. The van der Waals surface area contributed by atoms with Crippen molar-refractivity contribution in [3.05, 3.63) is 57.3 Å². The fourth-order valence-corrected chi connectivity index (χ4v) is 3.28. The van der Waals surface area contributed by atoms with Gasteiger partial charge in [0.2, 0.25) is 0 Å². The molecule has 0 aliphatic carbocycles. The Morgan fingerprint density at radius 1 is 1.10 bits per heavy atom. The lowest BCUT2D eigenvalue weighted by molar-refractivity contribution is 0.595. The number of hydrogen-bond donors (Lipinski definition) is 1. The van der Waals surface area contributed by atoms with Crippen LogP contribution in [0.5, 0.6) is 0 Å². The Labute approximate surface area is 127 Å². The molecule has 1 nitrogen and oxygen atoms in total. The summed E-state index contributed by atoms with van der Waals surface area (Å²) in [6.45, 7) is 7.75. The smallest absolute Gasteiger partial charge is 0.0587 e. The summed E-state index contributed by atoms with van der Waals surface area (Å²) < 4.78 is 0. The van der Waals surface area contributed by atoms with Gasteiger partial charge in [0, 0.05) is 0 Å². The standard InChI is InChI=1S/C18H25NS/c1-4-10-19-18(16-9-11-20-13-16)17-12-14(5-2)7-8-15(17)6-3/h7-9,11-13,18-19H,4-6,10H2,1-3H3. The lowest BCUT2D eigenvalue weighted by atomic mass is 9.92. The van der Waals surface area contributed by atoms with Gasteiger partial charge in [0.25, 0.3) is 0 Å². The molecule has 0 aliphatic heterocycles. The molecule has 0 saturated heterocycles. The molecule has 0 bridgehead atoms. The van der Waals surface area contributed by atoms with Gasteiger partial charge in [-0.2, -0.15) is 11.3 Å². The van der Waals surface area contributed by atoms with E-state index in [1.807, 2.05) is 0 Å². The van der Waals surface area contributed by atoms with Crippen molar-refractivity contribution in [1.29, 1.82) is 0 Å². The van der Waals surface area contributed by atoms with Gasteiger partial charge in [-0.05, 0) is 64.9 Å². The summed E-state index contributed by atoms with van der Waals surface area (Å²) in [5.74, 6) is 0. The first-order valence-electron chi connectivity index (χ1n) is 7.67. The number of nitrogens with one attached hydrogen (secondary N) is 1. The Bertz CT molecular complexity index is 516. The number of benzene rings is 1. The molecule has 108 valence electrons. The van der Waals surface area contributed by atoms with Crippen LogP contribution in [0.4, 0.5) is 0 Å². The fourth-order valence-electron chi connectivity index (χ4n) is 2.59. The highest BCUT2D eigenvalue weighted by Gasteiger charge is 2.17. The van der Waals surface area contributed by atoms with Gasteiger partial charge in [0.1, 0.15) is 0 Å². The maximum absolute atomic E-state index is 3.72. The summed E-state index contributed by atoms with van der Waals surface area (Å²) in [5, 5.41) is 8.16. The Morgan fingerprint density at radius 2 is 1.95 bits per heavy atom. The first kappa shape index (κ1) is 15.3. The molecule has 1 heterocycles. The maximum Gasteiger partial charge on any atom is 0.0587 e. The molecular weight excluding hydrogens is 262 g/mol. The number of hydrogen-bond acceptors (Lipinski definition) is 2. The van der Waals surface area contributed by atoms with Gasteiger partial charge < -0.3 is 5.32 Å². The Balaban J connectivity index is 2.41. The van der Waals surface area contributed by atoms with Gasteiger partial charge in [-0.1, -0.05) is 39.0 Å². The summed E-state index contributed by atoms with van der Waals surface area (Å²) in [5.41, 5.74) is 5.74. The van der Waals surface area contributed by atoms with E-state index in [0.29, 0.717) is 6.04 Å². The second-order valence-corrected chi connectivity index (χ2v) is 5.96. The third kappa shape index (κ3) is 3.50. The minimum absolute atomic E-state index is 0.336. The third-order valence-electron chi connectivity index (χ3n) is 3.79. The van der Waals surface area contributed by atoms with Crippen LogP contribution in [0.2, 0.25) is 0 Å². The highest BCUT2D eigenvalue weighted by atomic mass is 32.1. The molecule has 1 atom stereocenters. The summed E-state index contributed by atoms with van der Waals surface area (Å²) >= 11 is 1.78. The number of rotatable bonds is 7. The highest BCUT2D eigenvalue weighted by Crippen LogP contribution is 2.28. The molecule has 1 aromatic heterocycles. The Hall–Kier alpha value is -1.12. The molecule has 0 fully saturated rings. The molecule has 0 aliphatic rings. The van der Waals surface area contributed by atoms with Crippen molar-refractivity contribution in [3.8, 4) is 0 Å². The van der Waals surface area contributed by atoms with E-state index in [2.05, 4.69) is 61.1 Å². The van der Waals surface area contributed by atoms with Crippen LogP contribution in [-0.2, 0) is 12.8 Å². The van der Waals surface area contributed by atoms with Crippen molar-refractivity contribution < 1.29 is 0 Å². The van der Waals surface area contributed by atoms with E-state index in [0.717, 1.165) is 25.8 Å². The van der Waals surface area contributed by atoms with Crippen LogP contribution in [0.15, 0.2) is 35.0 Å². The van der Waals surface area contributed by atoms with Crippen LogP contribution in [0.25, 0.3) is 0 Å². The molecule has 1 unspecified atom stereocenters. The average Bonchev–Trinajstić information content (AvgIpc) is 3.01. The van der Waals surface area contributed by atoms with Crippen molar-refractivity contribution in [2.24, 2.45) is 0 Å². The summed E-state index contributed by atoms with van der Waals surface area (Å²) in [7, 11) is 0. The Kier molecular flexibility index (Phi) is 5.81. The zero-order valence-corrected chi connectivity index (χ0v) is 13.6. The van der Waals surface area contributed by atoms with Crippen LogP contribution >= 0.6 is 11.3 Å². The molecule has 0 spiro atoms. The molecule has 1 aromatic carbocycles. The summed E-state index contributed by atoms with van der Waals surface area (Å²) in [6, 6.07) is 9.55. The van der Waals surface area contributed by atoms with E-state index in [1.165, 1.54) is 22.3 Å². The van der Waals surface area contributed by atoms with Gasteiger partial charge in [-0.15, -0.1) is 0 Å². The van der Waals surface area contributed by atoms with Crippen LogP contribution in [0, 0.1) is 0 Å². The first-order valence-corrected chi connectivity index (χ1v) is 8.61. The van der Waals surface area contributed by atoms with Crippen LogP contribution < -0.4 is 5.32 Å². The van der Waals surface area contributed by atoms with Crippen molar-refractivity contribution in [2.45, 2.75) is 46.1 Å². The lowest BCUT2D eigenvalue weighted by Crippen LogP contribution is -2.24. The third-order valence-corrected chi connectivity index (χ3v) is 4.49. The van der Waals surface area contributed by atoms with Crippen molar-refractivity contribution in [1.82, 2.24) is 5.32 Å². The van der Waals surface area contributed by atoms with E-state index in [4.69, 9.17) is 0 Å². The molecule has 0 radical (unpaired) electrons. The zero-order valence-electron chi connectivity index (χ0n) is 12.8. The second kappa shape index (κ2) is 7.61. The minimum Gasteiger partial charge on any atom is -0.306 e. The van der Waals surface area contributed by atoms with Gasteiger partial charge >= 0.3 is 0 Å². The summed E-state index contributed by atoms with van der Waals surface area (Å²) in [6.07, 6.45) is 3.35. The van der Waals surface area contributed by atoms with Crippen molar-refractivity contribution in [3.63, 3.8) is 0 Å². The number of aryl methyl sites for hydroxylation is 2. The molecule has 1 N–H and O–H groups in total. The van der Waals surface area contributed by atoms with Crippen molar-refractivity contribution >= 4 is 11.3 Å². The normalized spacial score (nSPS) is 12.6. The fraction of sp³-hybridized carbons (Fsp3) is 0.444. The van der Waals surface area contributed by atoms with E-state index >= 15 is 0 Å². The van der Waals surface area contributed by atoms with E-state index in [9.17, 15) is 0 Å². The number of thiophene rings is 1. The summed E-state index contributed by atoms with van der Waals surface area (Å²) in [4.78, 5) is 0. The SMILES string of the molecule is CCCNC(c1ccsc1)c1cc(CC)ccc1CC. The predicted molar refractivity (Wildman–Crippen MR) is 89.7 cm³/mol. The van der Waals surface area contributed by atoms with E-state index < -0.39 is 0 Å². The molecule has 20 heavy (non-hydrogen) atoms. The quantitative estimate of drug-likeness (QED) is 0.758. The van der Waals surface area contributed by atoms with E-state index in [-0.39, 0.29) is 0 Å². The van der Waals surface area contributed by atoms with Gasteiger partial charge in [0.15, 0.2) is 0 Å². The molecule has 2 rings (SSSR count). The molecule has 0 amide bonds. The Morgan fingerprint density at radius 3 is 2.55 bits per heavy atom. The van der Waals surface area contributed by atoms with Gasteiger partial charge in [0.05, 0.1) is 6.04 Å². The van der Waals surface area contributed by atoms with Gasteiger partial charge in [-0.3, -0.25) is 0 Å². The maximum atomic E-state index is 3.72. The van der Waals surface area contributed by atoms with E-state index in [1.54, 1.807) is 11.3 Å². The molecular formula is C18H25NS. The second-order valence-electron chi connectivity index (χ2n) is 5.18. The average molecular weight is 287 g/mol. The highest BCUT2D eigenvalue weighted by molar-refractivity contribution is 7.08.